The number of hydrogen-bond donors (Lipinski definition) is 2. The second kappa shape index (κ2) is 4.27. The van der Waals surface area contributed by atoms with Gasteiger partial charge in [-0.2, -0.15) is 13.2 Å². The van der Waals surface area contributed by atoms with E-state index in [1.807, 2.05) is 13.2 Å². The molecule has 102 valence electrons. The van der Waals surface area contributed by atoms with Gasteiger partial charge in [-0.25, -0.2) is 0 Å². The van der Waals surface area contributed by atoms with Gasteiger partial charge in [-0.3, -0.25) is 0 Å². The zero-order valence-corrected chi connectivity index (χ0v) is 10.5. The molecule has 1 saturated carbocycles. The van der Waals surface area contributed by atoms with E-state index < -0.39 is 11.7 Å². The summed E-state index contributed by atoms with van der Waals surface area (Å²) >= 11 is 0. The fourth-order valence-corrected chi connectivity index (χ4v) is 2.75. The summed E-state index contributed by atoms with van der Waals surface area (Å²) in [6, 6.07) is 3.93. The van der Waals surface area contributed by atoms with Crippen molar-refractivity contribution in [2.24, 2.45) is 5.92 Å². The van der Waals surface area contributed by atoms with Crippen LogP contribution < -0.4 is 5.32 Å². The Morgan fingerprint density at radius 3 is 2.84 bits per heavy atom. The number of benzene rings is 1. The van der Waals surface area contributed by atoms with E-state index in [0.717, 1.165) is 30.0 Å². The summed E-state index contributed by atoms with van der Waals surface area (Å²) in [4.78, 5) is 2.96. The van der Waals surface area contributed by atoms with Crippen molar-refractivity contribution < 1.29 is 13.2 Å². The van der Waals surface area contributed by atoms with Crippen LogP contribution in [0.15, 0.2) is 24.4 Å². The van der Waals surface area contributed by atoms with Crippen molar-refractivity contribution in [3.63, 3.8) is 0 Å². The fourth-order valence-electron chi connectivity index (χ4n) is 2.75. The molecule has 5 heteroatoms. The number of halogens is 3. The topological polar surface area (TPSA) is 27.8 Å². The van der Waals surface area contributed by atoms with Crippen LogP contribution in [-0.2, 0) is 6.18 Å². The maximum Gasteiger partial charge on any atom is 0.416 e. The van der Waals surface area contributed by atoms with E-state index in [-0.39, 0.29) is 0 Å². The van der Waals surface area contributed by atoms with Gasteiger partial charge in [0.1, 0.15) is 0 Å². The number of nitrogens with one attached hydrogen (secondary N) is 2. The predicted octanol–water partition coefficient (Wildman–Crippen LogP) is 3.51. The molecule has 1 heterocycles. The Bertz CT molecular complexity index is 600. The van der Waals surface area contributed by atoms with Gasteiger partial charge >= 0.3 is 6.18 Å². The molecule has 2 aromatic rings. The molecule has 1 aliphatic carbocycles. The zero-order valence-electron chi connectivity index (χ0n) is 10.5. The second-order valence-corrected chi connectivity index (χ2v) is 5.16. The molecule has 0 spiro atoms. The summed E-state index contributed by atoms with van der Waals surface area (Å²) in [5.41, 5.74) is 1.11. The minimum atomic E-state index is -4.28. The molecule has 1 fully saturated rings. The van der Waals surface area contributed by atoms with Gasteiger partial charge in [-0.15, -0.1) is 0 Å². The van der Waals surface area contributed by atoms with Crippen LogP contribution in [0.1, 0.15) is 23.5 Å². The van der Waals surface area contributed by atoms with Crippen LogP contribution in [0.5, 0.6) is 0 Å². The van der Waals surface area contributed by atoms with E-state index in [2.05, 4.69) is 10.3 Å². The van der Waals surface area contributed by atoms with E-state index in [1.54, 1.807) is 6.07 Å². The van der Waals surface area contributed by atoms with Crippen LogP contribution in [0.25, 0.3) is 10.9 Å². The average molecular weight is 268 g/mol. The molecule has 2 nitrogen and oxygen atoms in total. The van der Waals surface area contributed by atoms with Gasteiger partial charge in [0.25, 0.3) is 0 Å². The molecule has 2 atom stereocenters. The van der Waals surface area contributed by atoms with Crippen LogP contribution in [0.2, 0.25) is 0 Å². The van der Waals surface area contributed by atoms with Crippen LogP contribution in [-0.4, -0.2) is 18.6 Å². The van der Waals surface area contributed by atoms with Crippen LogP contribution in [0.3, 0.4) is 0 Å². The van der Waals surface area contributed by atoms with Gasteiger partial charge in [-0.1, -0.05) is 6.07 Å². The first-order chi connectivity index (χ1) is 9.00. The van der Waals surface area contributed by atoms with Crippen molar-refractivity contribution in [1.29, 1.82) is 0 Å². The molecule has 2 N–H and O–H groups in total. The summed E-state index contributed by atoms with van der Waals surface area (Å²) in [7, 11) is 1.92. The molecular formula is C14H15F3N2. The van der Waals surface area contributed by atoms with E-state index >= 15 is 0 Å². The Labute approximate surface area is 109 Å². The highest BCUT2D eigenvalue weighted by Gasteiger charge is 2.39. The highest BCUT2D eigenvalue weighted by atomic mass is 19.4. The molecule has 1 aromatic carbocycles. The van der Waals surface area contributed by atoms with Gasteiger partial charge in [0.05, 0.1) is 5.56 Å². The summed E-state index contributed by atoms with van der Waals surface area (Å²) in [5, 5.41) is 4.05. The maximum atomic E-state index is 12.6. The SMILES string of the molecule is CNC[C@H]1C[C@@H]1c1c[nH]c2cc(C(F)(F)F)ccc12. The first-order valence-corrected chi connectivity index (χ1v) is 6.33. The van der Waals surface area contributed by atoms with E-state index in [9.17, 15) is 13.2 Å². The molecule has 0 amide bonds. The van der Waals surface area contributed by atoms with Gasteiger partial charge in [0.15, 0.2) is 0 Å². The number of hydrogen-bond acceptors (Lipinski definition) is 1. The first kappa shape index (κ1) is 12.5. The summed E-state index contributed by atoms with van der Waals surface area (Å²) < 4.78 is 37.9. The van der Waals surface area contributed by atoms with Gasteiger partial charge in [0.2, 0.25) is 0 Å². The van der Waals surface area contributed by atoms with Crippen LogP contribution >= 0.6 is 0 Å². The molecule has 0 aliphatic heterocycles. The lowest BCUT2D eigenvalue weighted by Crippen LogP contribution is -2.10. The lowest BCUT2D eigenvalue weighted by Gasteiger charge is -2.06. The molecule has 0 saturated heterocycles. The molecular weight excluding hydrogens is 253 g/mol. The maximum absolute atomic E-state index is 12.6. The number of rotatable bonds is 3. The normalized spacial score (nSPS) is 22.9. The number of H-pyrrole nitrogens is 1. The molecule has 19 heavy (non-hydrogen) atoms. The molecule has 0 radical (unpaired) electrons. The van der Waals surface area contributed by atoms with E-state index in [1.165, 1.54) is 6.07 Å². The monoisotopic (exact) mass is 268 g/mol. The number of aromatic nitrogens is 1. The van der Waals surface area contributed by atoms with Crippen molar-refractivity contribution >= 4 is 10.9 Å². The lowest BCUT2D eigenvalue weighted by atomic mass is 10.1. The summed E-state index contributed by atoms with van der Waals surface area (Å²) in [6.45, 7) is 0.956. The third-order valence-corrected chi connectivity index (χ3v) is 3.83. The van der Waals surface area contributed by atoms with Crippen LogP contribution in [0, 0.1) is 5.92 Å². The Morgan fingerprint density at radius 1 is 1.37 bits per heavy atom. The van der Waals surface area contributed by atoms with Crippen molar-refractivity contribution in [3.05, 3.63) is 35.5 Å². The van der Waals surface area contributed by atoms with Crippen LogP contribution in [0.4, 0.5) is 13.2 Å². The third kappa shape index (κ3) is 2.23. The Kier molecular flexibility index (Phi) is 2.82. The smallest absolute Gasteiger partial charge is 0.361 e. The van der Waals surface area contributed by atoms with Crippen molar-refractivity contribution in [2.45, 2.75) is 18.5 Å². The van der Waals surface area contributed by atoms with Gasteiger partial charge in [-0.05, 0) is 49.5 Å². The van der Waals surface area contributed by atoms with Crippen molar-refractivity contribution in [1.82, 2.24) is 10.3 Å². The predicted molar refractivity (Wildman–Crippen MR) is 68.1 cm³/mol. The highest BCUT2D eigenvalue weighted by Crippen LogP contribution is 2.49. The molecule has 0 bridgehead atoms. The van der Waals surface area contributed by atoms with E-state index in [0.29, 0.717) is 17.4 Å². The van der Waals surface area contributed by atoms with Gasteiger partial charge < -0.3 is 10.3 Å². The third-order valence-electron chi connectivity index (χ3n) is 3.83. The Balaban J connectivity index is 1.93. The second-order valence-electron chi connectivity index (χ2n) is 5.16. The quantitative estimate of drug-likeness (QED) is 0.876. The van der Waals surface area contributed by atoms with Crippen molar-refractivity contribution in [2.75, 3.05) is 13.6 Å². The standard InChI is InChI=1S/C14H15F3N2/c1-18-6-8-4-11(8)12-7-19-13-5-9(14(15,16)17)2-3-10(12)13/h2-3,5,7-8,11,18-19H,4,6H2,1H3/t8-,11+/m1/s1. The van der Waals surface area contributed by atoms with Crippen molar-refractivity contribution in [3.8, 4) is 0 Å². The minimum Gasteiger partial charge on any atom is -0.361 e. The minimum absolute atomic E-state index is 0.470. The summed E-state index contributed by atoms with van der Waals surface area (Å²) in [6.07, 6.45) is -1.33. The number of alkyl halides is 3. The number of fused-ring (bicyclic) bond motifs is 1. The molecule has 0 unspecified atom stereocenters. The lowest BCUT2D eigenvalue weighted by molar-refractivity contribution is -0.137. The Morgan fingerprint density at radius 2 is 2.16 bits per heavy atom. The fraction of sp³-hybridized carbons (Fsp3) is 0.429. The first-order valence-electron chi connectivity index (χ1n) is 6.33. The number of aromatic amines is 1. The Hall–Kier alpha value is -1.49. The molecule has 1 aromatic heterocycles. The van der Waals surface area contributed by atoms with E-state index in [4.69, 9.17) is 0 Å². The summed E-state index contributed by atoms with van der Waals surface area (Å²) in [5.74, 6) is 1.07. The highest BCUT2D eigenvalue weighted by molar-refractivity contribution is 5.85. The van der Waals surface area contributed by atoms with Gasteiger partial charge in [0, 0.05) is 17.1 Å². The zero-order chi connectivity index (χ0) is 13.6. The largest absolute Gasteiger partial charge is 0.416 e. The average Bonchev–Trinajstić information content (AvgIpc) is 2.98. The molecule has 3 rings (SSSR count). The molecule has 1 aliphatic rings.